The summed E-state index contributed by atoms with van der Waals surface area (Å²) >= 11 is 3.31. The zero-order valence-corrected chi connectivity index (χ0v) is 12.7. The van der Waals surface area contributed by atoms with Gasteiger partial charge >= 0.3 is 5.97 Å². The van der Waals surface area contributed by atoms with Crippen molar-refractivity contribution < 1.29 is 18.3 Å². The van der Waals surface area contributed by atoms with Crippen molar-refractivity contribution in [3.8, 4) is 0 Å². The van der Waals surface area contributed by atoms with Gasteiger partial charge in [-0.2, -0.15) is 0 Å². The molecule has 1 aromatic heterocycles. The largest absolute Gasteiger partial charge is 0.477 e. The molecule has 0 atom stereocenters. The third kappa shape index (κ3) is 3.02. The van der Waals surface area contributed by atoms with E-state index in [1.807, 2.05) is 6.92 Å². The molecule has 6 nitrogen and oxygen atoms in total. The number of carbonyl (C=O) groups is 1. The normalized spacial score (nSPS) is 11.3. The molecule has 2 aromatic rings. The number of carboxylic acids is 1. The molecule has 0 bridgehead atoms. The predicted octanol–water partition coefficient (Wildman–Crippen LogP) is 2.58. The van der Waals surface area contributed by atoms with E-state index in [9.17, 15) is 13.2 Å². The Kier molecular flexibility index (Phi) is 3.87. The van der Waals surface area contributed by atoms with Crippen LogP contribution in [0.2, 0.25) is 0 Å². The highest BCUT2D eigenvalue weighted by Crippen LogP contribution is 2.23. The van der Waals surface area contributed by atoms with Crippen molar-refractivity contribution in [1.29, 1.82) is 0 Å². The molecule has 20 heavy (non-hydrogen) atoms. The van der Waals surface area contributed by atoms with Crippen LogP contribution in [-0.2, 0) is 10.0 Å². The number of halogens is 1. The van der Waals surface area contributed by atoms with Gasteiger partial charge in [-0.25, -0.2) is 13.2 Å². The molecule has 2 rings (SSSR count). The van der Waals surface area contributed by atoms with E-state index in [2.05, 4.69) is 25.6 Å². The fourth-order valence-corrected chi connectivity index (χ4v) is 2.94. The fraction of sp³-hybridized carbons (Fsp3) is 0.0833. The molecule has 0 aliphatic carbocycles. The quantitative estimate of drug-likeness (QED) is 0.781. The van der Waals surface area contributed by atoms with E-state index in [1.165, 1.54) is 0 Å². The van der Waals surface area contributed by atoms with E-state index in [-0.39, 0.29) is 10.6 Å². The van der Waals surface area contributed by atoms with Gasteiger partial charge in [0.2, 0.25) is 0 Å². The van der Waals surface area contributed by atoms with Crippen molar-refractivity contribution in [2.24, 2.45) is 0 Å². The second-order valence-electron chi connectivity index (χ2n) is 4.12. The van der Waals surface area contributed by atoms with Crippen LogP contribution in [0.5, 0.6) is 0 Å². The number of sulfonamides is 1. The molecule has 1 aromatic carbocycles. The molecular weight excluding hydrogens is 348 g/mol. The Morgan fingerprint density at radius 2 is 2.05 bits per heavy atom. The van der Waals surface area contributed by atoms with E-state index >= 15 is 0 Å². The summed E-state index contributed by atoms with van der Waals surface area (Å²) in [6.45, 7) is 1.88. The molecule has 8 heteroatoms. The Morgan fingerprint density at radius 3 is 2.60 bits per heavy atom. The summed E-state index contributed by atoms with van der Waals surface area (Å²) in [4.78, 5) is 13.0. The number of aryl methyl sites for hydroxylation is 1. The second-order valence-corrected chi connectivity index (χ2v) is 6.66. The van der Waals surface area contributed by atoms with Gasteiger partial charge in [0.05, 0.1) is 0 Å². The third-order valence-electron chi connectivity index (χ3n) is 2.62. The maximum Gasteiger partial charge on any atom is 0.352 e. The molecule has 0 spiro atoms. The molecule has 0 fully saturated rings. The third-order valence-corrected chi connectivity index (χ3v) is 4.84. The van der Waals surface area contributed by atoms with Gasteiger partial charge in [0, 0.05) is 16.4 Å². The minimum Gasteiger partial charge on any atom is -0.477 e. The van der Waals surface area contributed by atoms with E-state index in [1.54, 1.807) is 18.2 Å². The maximum atomic E-state index is 12.1. The highest BCUT2D eigenvalue weighted by Gasteiger charge is 2.18. The van der Waals surface area contributed by atoms with Crippen molar-refractivity contribution in [3.05, 3.63) is 46.2 Å². The molecule has 0 saturated heterocycles. The lowest BCUT2D eigenvalue weighted by molar-refractivity contribution is 0.0691. The number of nitrogens with one attached hydrogen (secondary N) is 2. The Morgan fingerprint density at radius 1 is 1.35 bits per heavy atom. The zero-order chi connectivity index (χ0) is 14.9. The number of rotatable bonds is 4. The van der Waals surface area contributed by atoms with Crippen molar-refractivity contribution in [1.82, 2.24) is 4.98 Å². The molecule has 0 aliphatic heterocycles. The van der Waals surface area contributed by atoms with E-state index in [0.717, 1.165) is 22.3 Å². The number of H-pyrrole nitrogens is 1. The number of benzene rings is 1. The van der Waals surface area contributed by atoms with Gasteiger partial charge in [0.25, 0.3) is 10.0 Å². The summed E-state index contributed by atoms with van der Waals surface area (Å²) in [7, 11) is -3.82. The average molecular weight is 359 g/mol. The average Bonchev–Trinajstić information content (AvgIpc) is 2.84. The SMILES string of the molecule is Cc1ccc(NS(=O)(=O)c2c[nH]c(C(=O)O)c2)cc1Br. The van der Waals surface area contributed by atoms with Crippen molar-refractivity contribution in [2.75, 3.05) is 4.72 Å². The van der Waals surface area contributed by atoms with Gasteiger partial charge in [0.15, 0.2) is 0 Å². The number of aromatic nitrogens is 1. The predicted molar refractivity (Wildman–Crippen MR) is 77.4 cm³/mol. The first-order valence-corrected chi connectivity index (χ1v) is 7.78. The standard InChI is InChI=1S/C12H11BrN2O4S/c1-7-2-3-8(4-10(7)13)15-20(18,19)9-5-11(12(16)17)14-6-9/h2-6,14-15H,1H3,(H,16,17). The van der Waals surface area contributed by atoms with Crippen molar-refractivity contribution >= 4 is 37.6 Å². The van der Waals surface area contributed by atoms with Crippen molar-refractivity contribution in [3.63, 3.8) is 0 Å². The minimum absolute atomic E-state index is 0.133. The minimum atomic E-state index is -3.82. The summed E-state index contributed by atoms with van der Waals surface area (Å²) in [5, 5.41) is 8.77. The Hall–Kier alpha value is -1.80. The number of anilines is 1. The number of carboxylic acid groups (broad SMARTS) is 1. The van der Waals surface area contributed by atoms with Crippen molar-refractivity contribution in [2.45, 2.75) is 11.8 Å². The lowest BCUT2D eigenvalue weighted by Crippen LogP contribution is -2.12. The van der Waals surface area contributed by atoms with Gasteiger partial charge in [-0.05, 0) is 30.7 Å². The Bertz CT molecular complexity index is 768. The van der Waals surface area contributed by atoms with Crippen LogP contribution in [0.25, 0.3) is 0 Å². The number of aromatic amines is 1. The summed E-state index contributed by atoms with van der Waals surface area (Å²) in [6.07, 6.45) is 1.13. The summed E-state index contributed by atoms with van der Waals surface area (Å²) in [5.41, 5.74) is 1.18. The monoisotopic (exact) mass is 358 g/mol. The van der Waals surface area contributed by atoms with Gasteiger partial charge in [0.1, 0.15) is 10.6 Å². The van der Waals surface area contributed by atoms with E-state index in [4.69, 9.17) is 5.11 Å². The first-order valence-electron chi connectivity index (χ1n) is 5.50. The molecule has 0 unspecified atom stereocenters. The summed E-state index contributed by atoms with van der Waals surface area (Å²) in [6, 6.07) is 6.09. The van der Waals surface area contributed by atoms with Gasteiger partial charge in [-0.15, -0.1) is 0 Å². The van der Waals surface area contributed by atoms with Crippen LogP contribution in [0, 0.1) is 6.92 Å². The first kappa shape index (κ1) is 14.6. The molecule has 0 aliphatic rings. The molecule has 0 amide bonds. The highest BCUT2D eigenvalue weighted by atomic mass is 79.9. The van der Waals surface area contributed by atoms with Crippen LogP contribution in [-0.4, -0.2) is 24.5 Å². The van der Waals surface area contributed by atoms with E-state index < -0.39 is 16.0 Å². The van der Waals surface area contributed by atoms with Crippen LogP contribution in [0.1, 0.15) is 16.1 Å². The lowest BCUT2D eigenvalue weighted by Gasteiger charge is -2.07. The summed E-state index contributed by atoms with van der Waals surface area (Å²) in [5.74, 6) is -1.22. The van der Waals surface area contributed by atoms with Crippen LogP contribution in [0.15, 0.2) is 39.8 Å². The number of aromatic carboxylic acids is 1. The highest BCUT2D eigenvalue weighted by molar-refractivity contribution is 9.10. The lowest BCUT2D eigenvalue weighted by atomic mass is 10.2. The Balaban J connectivity index is 2.30. The van der Waals surface area contributed by atoms with Crippen LogP contribution >= 0.6 is 15.9 Å². The smallest absolute Gasteiger partial charge is 0.352 e. The van der Waals surface area contributed by atoms with E-state index in [0.29, 0.717) is 5.69 Å². The molecular formula is C12H11BrN2O4S. The van der Waals surface area contributed by atoms with Crippen LogP contribution in [0.3, 0.4) is 0 Å². The van der Waals surface area contributed by atoms with Crippen LogP contribution < -0.4 is 4.72 Å². The fourth-order valence-electron chi connectivity index (χ4n) is 1.52. The second kappa shape index (κ2) is 5.29. The molecule has 3 N–H and O–H groups in total. The van der Waals surface area contributed by atoms with Crippen LogP contribution in [0.4, 0.5) is 5.69 Å². The maximum absolute atomic E-state index is 12.1. The zero-order valence-electron chi connectivity index (χ0n) is 10.3. The number of hydrogen-bond acceptors (Lipinski definition) is 3. The summed E-state index contributed by atoms with van der Waals surface area (Å²) < 4.78 is 27.3. The molecule has 0 radical (unpaired) electrons. The molecule has 106 valence electrons. The van der Waals surface area contributed by atoms with Gasteiger partial charge < -0.3 is 10.1 Å². The van der Waals surface area contributed by atoms with Gasteiger partial charge in [-0.1, -0.05) is 22.0 Å². The number of hydrogen-bond donors (Lipinski definition) is 3. The topological polar surface area (TPSA) is 99.3 Å². The first-order chi connectivity index (χ1) is 9.29. The van der Waals surface area contributed by atoms with Gasteiger partial charge in [-0.3, -0.25) is 4.72 Å². The molecule has 1 heterocycles. The molecule has 0 saturated carbocycles. The Labute approximate surface area is 124 Å².